The SMILES string of the molecule is O=P(CCCCCOc1ccc(OCCCCCP(=O)(c2ccccc2)c2ccccc2)cc1)(c1ccccc1)c1ccccc1. The quantitative estimate of drug-likeness (QED) is 0.0703. The van der Waals surface area contributed by atoms with Crippen molar-refractivity contribution in [3.05, 3.63) is 146 Å². The van der Waals surface area contributed by atoms with E-state index in [4.69, 9.17) is 9.47 Å². The maximum atomic E-state index is 14.1. The van der Waals surface area contributed by atoms with Gasteiger partial charge in [0.15, 0.2) is 0 Å². The molecule has 0 radical (unpaired) electrons. The first-order valence-electron chi connectivity index (χ1n) is 16.3. The summed E-state index contributed by atoms with van der Waals surface area (Å²) in [6, 6.07) is 47.3. The number of ether oxygens (including phenoxy) is 2. The van der Waals surface area contributed by atoms with Gasteiger partial charge in [-0.25, -0.2) is 0 Å². The number of rotatable bonds is 18. The van der Waals surface area contributed by atoms with Crippen molar-refractivity contribution in [3.63, 3.8) is 0 Å². The molecule has 0 aliphatic heterocycles. The van der Waals surface area contributed by atoms with Gasteiger partial charge in [0.05, 0.1) is 13.2 Å². The van der Waals surface area contributed by atoms with Gasteiger partial charge in [0, 0.05) is 33.5 Å². The first-order chi connectivity index (χ1) is 22.6. The molecule has 0 atom stereocenters. The van der Waals surface area contributed by atoms with Crippen LogP contribution in [0.25, 0.3) is 0 Å². The van der Waals surface area contributed by atoms with Crippen LogP contribution in [-0.2, 0) is 9.13 Å². The van der Waals surface area contributed by atoms with Crippen molar-refractivity contribution in [1.82, 2.24) is 0 Å². The van der Waals surface area contributed by atoms with E-state index in [1.165, 1.54) is 0 Å². The van der Waals surface area contributed by atoms with Gasteiger partial charge in [-0.3, -0.25) is 0 Å². The molecule has 4 nitrogen and oxygen atoms in total. The summed E-state index contributed by atoms with van der Waals surface area (Å²) in [6.07, 6.45) is 6.81. The van der Waals surface area contributed by atoms with Crippen molar-refractivity contribution in [3.8, 4) is 11.5 Å². The van der Waals surface area contributed by atoms with Crippen LogP contribution >= 0.6 is 14.3 Å². The van der Waals surface area contributed by atoms with Gasteiger partial charge in [-0.2, -0.15) is 0 Å². The monoisotopic (exact) mass is 650 g/mol. The highest BCUT2D eigenvalue weighted by Crippen LogP contribution is 2.45. The minimum atomic E-state index is -2.65. The van der Waals surface area contributed by atoms with Crippen LogP contribution in [0.2, 0.25) is 0 Å². The van der Waals surface area contributed by atoms with E-state index in [1.54, 1.807) is 0 Å². The van der Waals surface area contributed by atoms with Crippen LogP contribution in [0.15, 0.2) is 146 Å². The predicted octanol–water partition coefficient (Wildman–Crippen LogP) is 8.81. The molecule has 0 N–H and O–H groups in total. The summed E-state index contributed by atoms with van der Waals surface area (Å²) >= 11 is 0. The Morgan fingerprint density at radius 3 is 0.913 bits per heavy atom. The van der Waals surface area contributed by atoms with Gasteiger partial charge in [0.2, 0.25) is 0 Å². The Bertz CT molecular complexity index is 1460. The summed E-state index contributed by atoms with van der Waals surface area (Å²) in [5.74, 6) is 1.65. The second-order valence-electron chi connectivity index (χ2n) is 11.6. The molecular formula is C40H44O4P2. The minimum absolute atomic E-state index is 0.622. The van der Waals surface area contributed by atoms with E-state index < -0.39 is 14.3 Å². The molecule has 0 spiro atoms. The zero-order chi connectivity index (χ0) is 31.9. The molecule has 0 aliphatic carbocycles. The third kappa shape index (κ3) is 9.12. The van der Waals surface area contributed by atoms with Crippen molar-refractivity contribution in [2.45, 2.75) is 38.5 Å². The van der Waals surface area contributed by atoms with Crippen molar-refractivity contribution in [2.24, 2.45) is 0 Å². The van der Waals surface area contributed by atoms with Crippen LogP contribution in [0.5, 0.6) is 11.5 Å². The number of hydrogen-bond donors (Lipinski definition) is 0. The van der Waals surface area contributed by atoms with E-state index in [2.05, 4.69) is 0 Å². The topological polar surface area (TPSA) is 52.6 Å². The summed E-state index contributed by atoms with van der Waals surface area (Å²) in [6.45, 7) is 1.24. The molecule has 0 heterocycles. The second kappa shape index (κ2) is 17.2. The molecule has 0 saturated heterocycles. The Morgan fingerprint density at radius 2 is 0.630 bits per heavy atom. The molecule has 0 saturated carbocycles. The normalized spacial score (nSPS) is 11.7. The van der Waals surface area contributed by atoms with Crippen LogP contribution in [0.3, 0.4) is 0 Å². The molecule has 5 rings (SSSR count). The zero-order valence-corrected chi connectivity index (χ0v) is 28.2. The number of unbranched alkanes of at least 4 members (excludes halogenated alkanes) is 4. The maximum Gasteiger partial charge on any atom is 0.143 e. The van der Waals surface area contributed by atoms with E-state index in [1.807, 2.05) is 146 Å². The molecule has 5 aromatic rings. The van der Waals surface area contributed by atoms with Crippen molar-refractivity contribution in [2.75, 3.05) is 25.5 Å². The van der Waals surface area contributed by atoms with Crippen LogP contribution in [0.1, 0.15) is 38.5 Å². The van der Waals surface area contributed by atoms with Crippen LogP contribution in [0.4, 0.5) is 0 Å². The highest BCUT2D eigenvalue weighted by Gasteiger charge is 2.27. The summed E-state index contributed by atoms with van der Waals surface area (Å²) < 4.78 is 40.2. The molecule has 238 valence electrons. The van der Waals surface area contributed by atoms with Gasteiger partial charge < -0.3 is 18.6 Å². The lowest BCUT2D eigenvalue weighted by Gasteiger charge is -2.19. The molecule has 0 aromatic heterocycles. The van der Waals surface area contributed by atoms with Crippen molar-refractivity contribution < 1.29 is 18.6 Å². The lowest BCUT2D eigenvalue weighted by atomic mass is 10.2. The molecule has 0 fully saturated rings. The van der Waals surface area contributed by atoms with E-state index >= 15 is 0 Å². The molecule has 6 heteroatoms. The van der Waals surface area contributed by atoms with Crippen LogP contribution in [-0.4, -0.2) is 25.5 Å². The van der Waals surface area contributed by atoms with Gasteiger partial charge >= 0.3 is 0 Å². The molecule has 0 unspecified atom stereocenters. The number of benzene rings is 5. The molecule has 46 heavy (non-hydrogen) atoms. The Balaban J connectivity index is 0.994. The highest BCUT2D eigenvalue weighted by atomic mass is 31.2. The summed E-state index contributed by atoms with van der Waals surface area (Å²) in [5.41, 5.74) is 0. The second-order valence-corrected chi connectivity index (χ2v) is 17.5. The van der Waals surface area contributed by atoms with Crippen LogP contribution in [0, 0.1) is 0 Å². The Labute approximate surface area is 274 Å². The van der Waals surface area contributed by atoms with Gasteiger partial charge in [-0.1, -0.05) is 121 Å². The molecular weight excluding hydrogens is 606 g/mol. The van der Waals surface area contributed by atoms with E-state index in [0.29, 0.717) is 25.5 Å². The van der Waals surface area contributed by atoms with Gasteiger partial charge in [-0.15, -0.1) is 0 Å². The lowest BCUT2D eigenvalue weighted by molar-refractivity contribution is 0.298. The zero-order valence-electron chi connectivity index (χ0n) is 26.5. The fraction of sp³-hybridized carbons (Fsp3) is 0.250. The highest BCUT2D eigenvalue weighted by molar-refractivity contribution is 7.79. The Hall–Kier alpha value is -3.84. The largest absolute Gasteiger partial charge is 0.494 e. The van der Waals surface area contributed by atoms with E-state index in [9.17, 15) is 9.13 Å². The average molecular weight is 651 g/mol. The van der Waals surface area contributed by atoms with E-state index in [-0.39, 0.29) is 0 Å². The van der Waals surface area contributed by atoms with Crippen molar-refractivity contribution >= 4 is 35.5 Å². The summed E-state index contributed by atoms with van der Waals surface area (Å²) in [5, 5.41) is 3.71. The predicted molar refractivity (Wildman–Crippen MR) is 194 cm³/mol. The lowest BCUT2D eigenvalue weighted by Crippen LogP contribution is -2.18. The summed E-state index contributed by atoms with van der Waals surface area (Å²) in [7, 11) is -5.31. The first kappa shape index (κ1) is 33.5. The fourth-order valence-electron chi connectivity index (χ4n) is 5.73. The molecule has 0 amide bonds. The third-order valence-corrected chi connectivity index (χ3v) is 14.7. The van der Waals surface area contributed by atoms with Crippen molar-refractivity contribution in [1.29, 1.82) is 0 Å². The number of hydrogen-bond acceptors (Lipinski definition) is 4. The first-order valence-corrected chi connectivity index (χ1v) is 20.1. The van der Waals surface area contributed by atoms with Gasteiger partial charge in [0.1, 0.15) is 25.8 Å². The Morgan fingerprint density at radius 1 is 0.348 bits per heavy atom. The summed E-state index contributed by atoms with van der Waals surface area (Å²) in [4.78, 5) is 0. The van der Waals surface area contributed by atoms with Gasteiger partial charge in [0.25, 0.3) is 0 Å². The van der Waals surface area contributed by atoms with Crippen LogP contribution < -0.4 is 30.7 Å². The minimum Gasteiger partial charge on any atom is -0.494 e. The smallest absolute Gasteiger partial charge is 0.143 e. The molecule has 0 aliphatic rings. The van der Waals surface area contributed by atoms with Gasteiger partial charge in [-0.05, 0) is 62.8 Å². The third-order valence-electron chi connectivity index (χ3n) is 8.29. The molecule has 0 bridgehead atoms. The average Bonchev–Trinajstić information content (AvgIpc) is 3.13. The molecule has 5 aromatic carbocycles. The Kier molecular flexibility index (Phi) is 12.5. The standard InChI is InChI=1S/C40H44O4P2/c41-45(37-19-7-1-8-20-37,38-21-9-2-10-22-38)33-17-5-15-31-43-35-27-29-36(30-28-35)44-32-16-6-18-34-46(42,39-23-11-3-12-24-39)40-25-13-4-14-26-40/h1-4,7-14,19-30H,5-6,15-18,31-34H2. The fourth-order valence-corrected chi connectivity index (χ4v) is 11.3. The maximum absolute atomic E-state index is 14.1. The van der Waals surface area contributed by atoms with E-state index in [0.717, 1.165) is 71.2 Å².